The fraction of sp³-hybridized carbons (Fsp3) is 0.500. The van der Waals surface area contributed by atoms with Gasteiger partial charge in [-0.25, -0.2) is 0 Å². The molecule has 0 aromatic carbocycles. The van der Waals surface area contributed by atoms with Crippen LogP contribution >= 0.6 is 11.3 Å². The molecule has 4 rings (SSSR count). The van der Waals surface area contributed by atoms with Gasteiger partial charge in [-0.15, -0.1) is 11.3 Å². The van der Waals surface area contributed by atoms with Gasteiger partial charge in [-0.05, 0) is 43.0 Å². The lowest BCUT2D eigenvalue weighted by Gasteiger charge is -2.29. The average Bonchev–Trinajstić information content (AvgIpc) is 3.10. The molecule has 2 aliphatic rings. The molecule has 4 nitrogen and oxygen atoms in total. The fourth-order valence-electron chi connectivity index (χ4n) is 3.73. The highest BCUT2D eigenvalue weighted by Crippen LogP contribution is 2.30. The number of pyridine rings is 1. The van der Waals surface area contributed by atoms with E-state index in [-0.39, 0.29) is 5.91 Å². The Balaban J connectivity index is 1.43. The van der Waals surface area contributed by atoms with Crippen molar-refractivity contribution in [3.8, 4) is 0 Å². The van der Waals surface area contributed by atoms with Crippen molar-refractivity contribution in [3.63, 3.8) is 0 Å². The SMILES string of the molecule is O=C(NCC1C[C@H]2CC[C@@H](C1)N2)c1cncc2ccsc12. The normalized spacial score (nSPS) is 27.9. The minimum Gasteiger partial charge on any atom is -0.352 e. The number of hydrogen-bond acceptors (Lipinski definition) is 4. The van der Waals surface area contributed by atoms with Gasteiger partial charge in [0.2, 0.25) is 0 Å². The summed E-state index contributed by atoms with van der Waals surface area (Å²) in [5.74, 6) is 0.629. The fourth-order valence-corrected chi connectivity index (χ4v) is 4.61. The second-order valence-corrected chi connectivity index (χ2v) is 7.13. The number of carbonyl (C=O) groups is 1. The quantitative estimate of drug-likeness (QED) is 0.916. The highest BCUT2D eigenvalue weighted by molar-refractivity contribution is 7.17. The predicted molar refractivity (Wildman–Crippen MR) is 84.6 cm³/mol. The van der Waals surface area contributed by atoms with E-state index >= 15 is 0 Å². The number of fused-ring (bicyclic) bond motifs is 3. The van der Waals surface area contributed by atoms with Crippen LogP contribution < -0.4 is 10.6 Å². The first kappa shape index (κ1) is 13.2. The van der Waals surface area contributed by atoms with Gasteiger partial charge in [0.15, 0.2) is 0 Å². The van der Waals surface area contributed by atoms with Gasteiger partial charge in [0.05, 0.1) is 10.3 Å². The third-order valence-electron chi connectivity index (χ3n) is 4.72. The van der Waals surface area contributed by atoms with E-state index < -0.39 is 0 Å². The monoisotopic (exact) mass is 301 g/mol. The number of aromatic nitrogens is 1. The summed E-state index contributed by atoms with van der Waals surface area (Å²) in [5.41, 5.74) is 0.708. The van der Waals surface area contributed by atoms with Crippen LogP contribution in [0.4, 0.5) is 0 Å². The maximum absolute atomic E-state index is 12.4. The van der Waals surface area contributed by atoms with Crippen molar-refractivity contribution in [2.75, 3.05) is 6.54 Å². The van der Waals surface area contributed by atoms with E-state index in [1.807, 2.05) is 17.6 Å². The van der Waals surface area contributed by atoms with Crippen LogP contribution in [0, 0.1) is 5.92 Å². The Hall–Kier alpha value is -1.46. The highest BCUT2D eigenvalue weighted by atomic mass is 32.1. The second-order valence-electron chi connectivity index (χ2n) is 6.21. The van der Waals surface area contributed by atoms with Crippen LogP contribution in [0.15, 0.2) is 23.8 Å². The van der Waals surface area contributed by atoms with Crippen molar-refractivity contribution < 1.29 is 4.79 Å². The van der Waals surface area contributed by atoms with Crippen LogP contribution in [0.5, 0.6) is 0 Å². The summed E-state index contributed by atoms with van der Waals surface area (Å²) in [7, 11) is 0. The molecule has 2 fully saturated rings. The zero-order valence-corrected chi connectivity index (χ0v) is 12.7. The lowest BCUT2D eigenvalue weighted by atomic mass is 9.92. The molecule has 2 aromatic rings. The van der Waals surface area contributed by atoms with Crippen LogP contribution in [0.2, 0.25) is 0 Å². The maximum Gasteiger partial charge on any atom is 0.254 e. The molecule has 2 aromatic heterocycles. The van der Waals surface area contributed by atoms with Gasteiger partial charge in [0.25, 0.3) is 5.91 Å². The summed E-state index contributed by atoms with van der Waals surface area (Å²) < 4.78 is 1.04. The Bertz CT molecular complexity index is 656. The van der Waals surface area contributed by atoms with Crippen molar-refractivity contribution >= 4 is 27.3 Å². The first-order valence-electron chi connectivity index (χ1n) is 7.65. The number of carbonyl (C=O) groups excluding carboxylic acids is 1. The molecule has 110 valence electrons. The third kappa shape index (κ3) is 2.56. The predicted octanol–water partition coefficient (Wildman–Crippen LogP) is 2.56. The molecular weight excluding hydrogens is 282 g/mol. The molecule has 0 spiro atoms. The molecule has 2 bridgehead atoms. The molecule has 2 N–H and O–H groups in total. The van der Waals surface area contributed by atoms with E-state index in [1.54, 1.807) is 17.5 Å². The van der Waals surface area contributed by atoms with Crippen molar-refractivity contribution in [1.29, 1.82) is 0 Å². The standard InChI is InChI=1S/C16H19N3OS/c20-16(14-9-17-8-11-3-4-21-15(11)14)18-7-10-5-12-1-2-13(6-10)19-12/h3-4,8-10,12-13,19H,1-2,5-7H2,(H,18,20)/t10?,12-,13+. The first-order chi connectivity index (χ1) is 10.3. The van der Waals surface area contributed by atoms with Crippen molar-refractivity contribution in [3.05, 3.63) is 29.4 Å². The average molecular weight is 301 g/mol. The summed E-state index contributed by atoms with van der Waals surface area (Å²) >= 11 is 1.60. The largest absolute Gasteiger partial charge is 0.352 e. The maximum atomic E-state index is 12.4. The number of thiophene rings is 1. The Morgan fingerprint density at radius 1 is 1.33 bits per heavy atom. The minimum absolute atomic E-state index is 0.0152. The zero-order chi connectivity index (χ0) is 14.2. The van der Waals surface area contributed by atoms with Crippen LogP contribution in [0.1, 0.15) is 36.0 Å². The summed E-state index contributed by atoms with van der Waals surface area (Å²) in [6.45, 7) is 0.787. The van der Waals surface area contributed by atoms with E-state index in [4.69, 9.17) is 0 Å². The number of amides is 1. The van der Waals surface area contributed by atoms with E-state index in [2.05, 4.69) is 15.6 Å². The number of piperidine rings is 1. The van der Waals surface area contributed by atoms with Gasteiger partial charge in [-0.3, -0.25) is 9.78 Å². The number of nitrogens with zero attached hydrogens (tertiary/aromatic N) is 1. The van der Waals surface area contributed by atoms with Gasteiger partial charge in [0, 0.05) is 36.4 Å². The molecule has 1 unspecified atom stereocenters. The number of hydrogen-bond donors (Lipinski definition) is 2. The van der Waals surface area contributed by atoms with Gasteiger partial charge in [-0.1, -0.05) is 0 Å². The van der Waals surface area contributed by atoms with E-state index in [1.165, 1.54) is 25.7 Å². The lowest BCUT2D eigenvalue weighted by Crippen LogP contribution is -2.42. The molecule has 2 saturated heterocycles. The molecule has 0 aliphatic carbocycles. The Morgan fingerprint density at radius 2 is 2.14 bits per heavy atom. The van der Waals surface area contributed by atoms with Gasteiger partial charge >= 0.3 is 0 Å². The van der Waals surface area contributed by atoms with E-state index in [0.717, 1.165) is 16.6 Å². The molecule has 1 amide bonds. The Labute approximate surface area is 128 Å². The van der Waals surface area contributed by atoms with Crippen LogP contribution in [0.25, 0.3) is 10.1 Å². The van der Waals surface area contributed by atoms with E-state index in [0.29, 0.717) is 23.6 Å². The summed E-state index contributed by atoms with van der Waals surface area (Å²) in [6, 6.07) is 3.36. The number of nitrogens with one attached hydrogen (secondary N) is 2. The van der Waals surface area contributed by atoms with Crippen molar-refractivity contribution in [2.45, 2.75) is 37.8 Å². The molecule has 4 heterocycles. The van der Waals surface area contributed by atoms with Crippen LogP contribution in [-0.4, -0.2) is 29.5 Å². The first-order valence-corrected chi connectivity index (χ1v) is 8.53. The topological polar surface area (TPSA) is 54.0 Å². The molecule has 2 aliphatic heterocycles. The Kier molecular flexibility index (Phi) is 3.39. The summed E-state index contributed by atoms with van der Waals surface area (Å²) in [6.07, 6.45) is 8.48. The molecule has 0 saturated carbocycles. The molecular formula is C16H19N3OS. The smallest absolute Gasteiger partial charge is 0.254 e. The highest BCUT2D eigenvalue weighted by Gasteiger charge is 2.33. The van der Waals surface area contributed by atoms with E-state index in [9.17, 15) is 4.79 Å². The van der Waals surface area contributed by atoms with Crippen LogP contribution in [0.3, 0.4) is 0 Å². The van der Waals surface area contributed by atoms with Gasteiger partial charge < -0.3 is 10.6 Å². The van der Waals surface area contributed by atoms with Crippen molar-refractivity contribution in [2.24, 2.45) is 5.92 Å². The molecule has 21 heavy (non-hydrogen) atoms. The zero-order valence-electron chi connectivity index (χ0n) is 11.8. The molecule has 5 heteroatoms. The van der Waals surface area contributed by atoms with Crippen molar-refractivity contribution in [1.82, 2.24) is 15.6 Å². The summed E-state index contributed by atoms with van der Waals surface area (Å²) in [5, 5.41) is 9.81. The molecule has 3 atom stereocenters. The second kappa shape index (κ2) is 5.39. The third-order valence-corrected chi connectivity index (χ3v) is 5.69. The Morgan fingerprint density at radius 3 is 2.95 bits per heavy atom. The van der Waals surface area contributed by atoms with Gasteiger partial charge in [0.1, 0.15) is 0 Å². The molecule has 0 radical (unpaired) electrons. The van der Waals surface area contributed by atoms with Crippen LogP contribution in [-0.2, 0) is 0 Å². The lowest BCUT2D eigenvalue weighted by molar-refractivity contribution is 0.0943. The number of rotatable bonds is 3. The minimum atomic E-state index is 0.0152. The summed E-state index contributed by atoms with van der Waals surface area (Å²) in [4.78, 5) is 16.6. The van der Waals surface area contributed by atoms with Gasteiger partial charge in [-0.2, -0.15) is 0 Å².